The number of nitro benzene ring substituents is 1. The van der Waals surface area contributed by atoms with Gasteiger partial charge in [0.1, 0.15) is 11.4 Å². The van der Waals surface area contributed by atoms with Crippen LogP contribution in [0.1, 0.15) is 26.4 Å². The first-order valence-electron chi connectivity index (χ1n) is 8.34. The third-order valence-electron chi connectivity index (χ3n) is 3.68. The van der Waals surface area contributed by atoms with E-state index >= 15 is 0 Å². The van der Waals surface area contributed by atoms with Gasteiger partial charge in [0.2, 0.25) is 0 Å². The quantitative estimate of drug-likeness (QED) is 0.227. The van der Waals surface area contributed by atoms with Crippen LogP contribution in [0.25, 0.3) is 0 Å². The second kappa shape index (κ2) is 9.00. The van der Waals surface area contributed by atoms with E-state index in [1.807, 2.05) is 0 Å². The number of nitro groups is 1. The van der Waals surface area contributed by atoms with Crippen LogP contribution in [-0.2, 0) is 0 Å². The fraction of sp³-hybridized carbons (Fsp3) is 0. The van der Waals surface area contributed by atoms with Crippen molar-refractivity contribution in [1.29, 1.82) is 0 Å². The molecule has 2 aromatic carbocycles. The number of nitrogens with zero attached hydrogens (tertiary/aromatic N) is 3. The molecule has 0 fully saturated rings. The van der Waals surface area contributed by atoms with Gasteiger partial charge in [-0.15, -0.1) is 0 Å². The van der Waals surface area contributed by atoms with E-state index in [1.54, 1.807) is 42.5 Å². The molecular formula is C20H14N4O5. The number of esters is 1. The maximum Gasteiger partial charge on any atom is 0.362 e. The largest absolute Gasteiger partial charge is 0.422 e. The number of carbonyl (C=O) groups is 2. The van der Waals surface area contributed by atoms with Gasteiger partial charge in [0.15, 0.2) is 0 Å². The maximum absolute atomic E-state index is 12.0. The van der Waals surface area contributed by atoms with Gasteiger partial charge in [-0.05, 0) is 54.1 Å². The highest BCUT2D eigenvalue weighted by Crippen LogP contribution is 2.13. The summed E-state index contributed by atoms with van der Waals surface area (Å²) in [7, 11) is 0. The molecule has 0 bridgehead atoms. The molecule has 3 aromatic rings. The minimum absolute atomic E-state index is 0.103. The number of nitrogens with one attached hydrogen (secondary N) is 1. The molecular weight excluding hydrogens is 376 g/mol. The van der Waals surface area contributed by atoms with E-state index in [9.17, 15) is 19.7 Å². The number of rotatable bonds is 6. The van der Waals surface area contributed by atoms with Crippen molar-refractivity contribution < 1.29 is 19.2 Å². The molecule has 3 rings (SSSR count). The Labute approximate surface area is 164 Å². The van der Waals surface area contributed by atoms with Gasteiger partial charge in [-0.3, -0.25) is 14.9 Å². The summed E-state index contributed by atoms with van der Waals surface area (Å²) in [6, 6.07) is 16.6. The van der Waals surface area contributed by atoms with Crippen LogP contribution in [0.3, 0.4) is 0 Å². The average molecular weight is 390 g/mol. The number of ether oxygens (including phenoxy) is 1. The zero-order valence-corrected chi connectivity index (χ0v) is 14.9. The van der Waals surface area contributed by atoms with E-state index in [4.69, 9.17) is 4.74 Å². The van der Waals surface area contributed by atoms with E-state index in [-0.39, 0.29) is 16.9 Å². The van der Waals surface area contributed by atoms with Crippen LogP contribution in [0.5, 0.6) is 5.75 Å². The van der Waals surface area contributed by atoms with Crippen molar-refractivity contribution in [2.45, 2.75) is 0 Å². The van der Waals surface area contributed by atoms with Crippen LogP contribution in [-0.4, -0.2) is 28.0 Å². The molecule has 0 radical (unpaired) electrons. The highest BCUT2D eigenvalue weighted by atomic mass is 16.6. The van der Waals surface area contributed by atoms with Crippen LogP contribution < -0.4 is 10.2 Å². The van der Waals surface area contributed by atoms with Crippen molar-refractivity contribution >= 4 is 23.8 Å². The normalized spacial score (nSPS) is 10.5. The van der Waals surface area contributed by atoms with E-state index < -0.39 is 16.8 Å². The van der Waals surface area contributed by atoms with Crippen LogP contribution in [0.4, 0.5) is 5.69 Å². The smallest absolute Gasteiger partial charge is 0.362 e. The van der Waals surface area contributed by atoms with Crippen LogP contribution in [0.2, 0.25) is 0 Å². The molecule has 29 heavy (non-hydrogen) atoms. The fourth-order valence-corrected chi connectivity index (χ4v) is 2.23. The minimum atomic E-state index is -0.567. The highest BCUT2D eigenvalue weighted by molar-refractivity contribution is 5.95. The molecule has 0 saturated carbocycles. The first-order chi connectivity index (χ1) is 14.0. The van der Waals surface area contributed by atoms with Gasteiger partial charge in [-0.1, -0.05) is 6.07 Å². The highest BCUT2D eigenvalue weighted by Gasteiger charge is 2.10. The summed E-state index contributed by atoms with van der Waals surface area (Å²) < 4.78 is 5.22. The Morgan fingerprint density at radius 1 is 1.03 bits per heavy atom. The summed E-state index contributed by atoms with van der Waals surface area (Å²) in [5.74, 6) is -0.729. The molecule has 9 heteroatoms. The Bertz CT molecular complexity index is 1050. The molecule has 0 aliphatic carbocycles. The Balaban J connectivity index is 1.55. The number of hydrazone groups is 1. The molecule has 0 saturated heterocycles. The van der Waals surface area contributed by atoms with Gasteiger partial charge >= 0.3 is 5.97 Å². The van der Waals surface area contributed by atoms with Crippen molar-refractivity contribution in [3.8, 4) is 5.75 Å². The summed E-state index contributed by atoms with van der Waals surface area (Å²) >= 11 is 0. The summed E-state index contributed by atoms with van der Waals surface area (Å²) in [4.78, 5) is 37.9. The second-order valence-electron chi connectivity index (χ2n) is 5.68. The molecule has 1 heterocycles. The number of hydrogen-bond donors (Lipinski definition) is 1. The van der Waals surface area contributed by atoms with Gasteiger partial charge in [0, 0.05) is 23.9 Å². The lowest BCUT2D eigenvalue weighted by atomic mass is 10.2. The lowest BCUT2D eigenvalue weighted by Gasteiger charge is -2.04. The summed E-state index contributed by atoms with van der Waals surface area (Å²) in [6.07, 6.45) is 2.91. The molecule has 0 unspecified atom stereocenters. The van der Waals surface area contributed by atoms with Crippen LogP contribution in [0, 0.1) is 10.1 Å². The first kappa shape index (κ1) is 19.4. The maximum atomic E-state index is 12.0. The van der Waals surface area contributed by atoms with Crippen LogP contribution in [0.15, 0.2) is 78.0 Å². The van der Waals surface area contributed by atoms with E-state index in [0.717, 1.165) is 0 Å². The minimum Gasteiger partial charge on any atom is -0.422 e. The zero-order valence-electron chi connectivity index (χ0n) is 14.9. The van der Waals surface area contributed by atoms with Crippen molar-refractivity contribution in [3.05, 3.63) is 99.9 Å². The van der Waals surface area contributed by atoms with Crippen molar-refractivity contribution in [2.75, 3.05) is 0 Å². The molecule has 1 amide bonds. The molecule has 1 N–H and O–H groups in total. The number of pyridine rings is 1. The molecule has 0 aliphatic rings. The van der Waals surface area contributed by atoms with E-state index in [2.05, 4.69) is 15.5 Å². The monoisotopic (exact) mass is 390 g/mol. The molecule has 9 nitrogen and oxygen atoms in total. The van der Waals surface area contributed by atoms with E-state index in [0.29, 0.717) is 11.3 Å². The Morgan fingerprint density at radius 3 is 2.38 bits per heavy atom. The topological polar surface area (TPSA) is 124 Å². The van der Waals surface area contributed by atoms with Gasteiger partial charge in [0.25, 0.3) is 11.6 Å². The average Bonchev–Trinajstić information content (AvgIpc) is 2.75. The van der Waals surface area contributed by atoms with Crippen LogP contribution >= 0.6 is 0 Å². The molecule has 144 valence electrons. The molecule has 0 atom stereocenters. The number of benzene rings is 2. The fourth-order valence-electron chi connectivity index (χ4n) is 2.23. The lowest BCUT2D eigenvalue weighted by Crippen LogP contribution is -2.17. The number of hydrogen-bond acceptors (Lipinski definition) is 7. The number of aromatic nitrogens is 1. The number of carbonyl (C=O) groups excluding carboxylic acids is 2. The van der Waals surface area contributed by atoms with Crippen molar-refractivity contribution in [1.82, 2.24) is 10.4 Å². The Kier molecular flexibility index (Phi) is 6.01. The number of amides is 1. The predicted molar refractivity (Wildman–Crippen MR) is 104 cm³/mol. The van der Waals surface area contributed by atoms with Crippen molar-refractivity contribution in [2.24, 2.45) is 5.10 Å². The van der Waals surface area contributed by atoms with Gasteiger partial charge < -0.3 is 4.74 Å². The standard InChI is InChI=1S/C20H14N4O5/c25-19(15-6-8-16(9-7-15)24(27)28)23-22-13-14-4-10-17(11-5-14)29-20(26)18-3-1-2-12-21-18/h1-13H,(H,23,25)/b22-13+. The zero-order chi connectivity index (χ0) is 20.6. The molecule has 1 aromatic heterocycles. The summed E-state index contributed by atoms with van der Waals surface area (Å²) in [6.45, 7) is 0. The summed E-state index contributed by atoms with van der Waals surface area (Å²) in [5.41, 5.74) is 3.33. The van der Waals surface area contributed by atoms with Crippen molar-refractivity contribution in [3.63, 3.8) is 0 Å². The third kappa shape index (κ3) is 5.30. The predicted octanol–water partition coefficient (Wildman–Crippen LogP) is 2.97. The Hall–Kier alpha value is -4.40. The third-order valence-corrected chi connectivity index (χ3v) is 3.68. The van der Waals surface area contributed by atoms with Gasteiger partial charge in [-0.25, -0.2) is 15.2 Å². The summed E-state index contributed by atoms with van der Waals surface area (Å²) in [5, 5.41) is 14.5. The number of non-ortho nitro benzene ring substituents is 1. The lowest BCUT2D eigenvalue weighted by molar-refractivity contribution is -0.384. The molecule has 0 aliphatic heterocycles. The van der Waals surface area contributed by atoms with Gasteiger partial charge in [-0.2, -0.15) is 5.10 Å². The SMILES string of the molecule is O=C(N/N=C/c1ccc(OC(=O)c2ccccn2)cc1)c1ccc([N+](=O)[O-])cc1. The first-order valence-corrected chi connectivity index (χ1v) is 8.34. The Morgan fingerprint density at radius 2 is 1.76 bits per heavy atom. The molecule has 0 spiro atoms. The second-order valence-corrected chi connectivity index (χ2v) is 5.68. The van der Waals surface area contributed by atoms with E-state index in [1.165, 1.54) is 36.7 Å². The van der Waals surface area contributed by atoms with Gasteiger partial charge in [0.05, 0.1) is 11.1 Å².